The molecule has 3 nitrogen and oxygen atoms in total. The quantitative estimate of drug-likeness (QED) is 0.171. The lowest BCUT2D eigenvalue weighted by molar-refractivity contribution is 0.616. The second kappa shape index (κ2) is 11.6. The van der Waals surface area contributed by atoms with Crippen molar-refractivity contribution in [1.29, 1.82) is 0 Å². The van der Waals surface area contributed by atoms with Gasteiger partial charge in [-0.25, -0.2) is 0 Å². The fourth-order valence-corrected chi connectivity index (χ4v) is 9.11. The summed E-state index contributed by atoms with van der Waals surface area (Å²) in [5, 5.41) is 10.6. The first-order valence-corrected chi connectivity index (χ1v) is 18.7. The zero-order chi connectivity index (χ0) is 36.0. The first kappa shape index (κ1) is 30.1. The van der Waals surface area contributed by atoms with Gasteiger partial charge in [-0.2, -0.15) is 0 Å². The van der Waals surface area contributed by atoms with Crippen molar-refractivity contribution in [3.63, 3.8) is 0 Å². The van der Waals surface area contributed by atoms with Gasteiger partial charge in [0, 0.05) is 38.2 Å². The topological polar surface area (TPSA) is 31.2 Å². The maximum absolute atomic E-state index is 6.67. The monoisotopic (exact) mass is 701 g/mol. The highest BCUT2D eigenvalue weighted by Gasteiger charge is 2.21. The second-order valence-corrected chi connectivity index (χ2v) is 14.4. The molecule has 0 N–H and O–H groups in total. The van der Waals surface area contributed by atoms with E-state index in [9.17, 15) is 0 Å². The third-order valence-corrected chi connectivity index (χ3v) is 11.5. The molecule has 12 aromatic rings. The number of benzene rings is 9. The van der Waals surface area contributed by atoms with E-state index in [1.165, 1.54) is 60.0 Å². The molecule has 0 amide bonds. The van der Waals surface area contributed by atoms with Gasteiger partial charge in [0.15, 0.2) is 0 Å². The molecule has 9 aromatic carbocycles. The highest BCUT2D eigenvalue weighted by atomic mass is 16.3. The maximum Gasteiger partial charge on any atom is 0.136 e. The van der Waals surface area contributed by atoms with E-state index in [-0.39, 0.29) is 0 Å². The Bertz CT molecular complexity index is 3420. The number of furan rings is 2. The Morgan fingerprint density at radius 1 is 0.345 bits per heavy atom. The molecule has 0 aliphatic rings. The van der Waals surface area contributed by atoms with Crippen LogP contribution in [0, 0.1) is 0 Å². The standard InChI is InChI=1S/C52H31NO2/c1-3-13-32(14-4-1)43-31-54-46-27-28-47-51(52(43)46)42-26-24-34(30-48(42)55-47)50-40-20-9-7-18-38(40)49(39-19-8-10-21-41(39)50)33-23-25-37-36-17-11-12-22-44(36)53(45(37)29-33)35-15-5-2-6-16-35/h1-31H. The van der Waals surface area contributed by atoms with Gasteiger partial charge < -0.3 is 13.4 Å². The van der Waals surface area contributed by atoms with E-state index in [1.54, 1.807) is 0 Å². The molecule has 0 saturated heterocycles. The molecule has 55 heavy (non-hydrogen) atoms. The van der Waals surface area contributed by atoms with Crippen LogP contribution >= 0.6 is 0 Å². The molecule has 0 aliphatic carbocycles. The normalized spacial score (nSPS) is 12.0. The number of fused-ring (bicyclic) bond motifs is 10. The van der Waals surface area contributed by atoms with Crippen LogP contribution in [0.25, 0.3) is 115 Å². The fraction of sp³-hybridized carbons (Fsp3) is 0. The molecule has 0 spiro atoms. The number of hydrogen-bond acceptors (Lipinski definition) is 2. The molecule has 0 radical (unpaired) electrons. The second-order valence-electron chi connectivity index (χ2n) is 14.4. The van der Waals surface area contributed by atoms with Crippen molar-refractivity contribution in [1.82, 2.24) is 4.57 Å². The predicted octanol–water partition coefficient (Wildman–Crippen LogP) is 14.7. The van der Waals surface area contributed by atoms with Crippen LogP contribution in [0.3, 0.4) is 0 Å². The molecule has 0 bridgehead atoms. The summed E-state index contributed by atoms with van der Waals surface area (Å²) < 4.78 is 15.2. The van der Waals surface area contributed by atoms with Crippen molar-refractivity contribution in [3.05, 3.63) is 188 Å². The Hall–Kier alpha value is -7.36. The van der Waals surface area contributed by atoms with Crippen molar-refractivity contribution in [3.8, 4) is 39.1 Å². The summed E-state index contributed by atoms with van der Waals surface area (Å²) in [6.07, 6.45) is 1.87. The number of hydrogen-bond donors (Lipinski definition) is 0. The molecular formula is C52H31NO2. The molecule has 0 atom stereocenters. The van der Waals surface area contributed by atoms with Gasteiger partial charge in [-0.1, -0.05) is 133 Å². The van der Waals surface area contributed by atoms with Gasteiger partial charge >= 0.3 is 0 Å². The number of rotatable bonds is 4. The lowest BCUT2D eigenvalue weighted by atomic mass is 9.85. The lowest BCUT2D eigenvalue weighted by Gasteiger charge is -2.18. The van der Waals surface area contributed by atoms with Gasteiger partial charge in [-0.3, -0.25) is 0 Å². The van der Waals surface area contributed by atoms with E-state index in [2.05, 4.69) is 168 Å². The summed E-state index contributed by atoms with van der Waals surface area (Å²) in [6, 6.07) is 65.3. The third kappa shape index (κ3) is 4.38. The number of aromatic nitrogens is 1. The van der Waals surface area contributed by atoms with E-state index in [0.29, 0.717) is 0 Å². The molecule has 3 heteroatoms. The lowest BCUT2D eigenvalue weighted by Crippen LogP contribution is -1.94. The van der Waals surface area contributed by atoms with Crippen molar-refractivity contribution in [2.24, 2.45) is 0 Å². The minimum atomic E-state index is 0.853. The molecule has 0 fully saturated rings. The Morgan fingerprint density at radius 3 is 1.58 bits per heavy atom. The Balaban J connectivity index is 1.10. The molecule has 0 unspecified atom stereocenters. The summed E-state index contributed by atoms with van der Waals surface area (Å²) in [4.78, 5) is 0. The maximum atomic E-state index is 6.67. The van der Waals surface area contributed by atoms with Crippen LogP contribution in [0.5, 0.6) is 0 Å². The van der Waals surface area contributed by atoms with E-state index in [0.717, 1.165) is 55.3 Å². The Kier molecular flexibility index (Phi) is 6.34. The SMILES string of the molecule is c1ccc(-c2coc3ccc4oc5cc(-c6c7ccccc7c(-c7ccc8c9ccccc9n(-c9ccccc9)c8c7)c7ccccc67)ccc5c4c23)cc1. The molecule has 0 aliphatic heterocycles. The largest absolute Gasteiger partial charge is 0.464 e. The van der Waals surface area contributed by atoms with E-state index in [1.807, 2.05) is 24.5 Å². The molecule has 3 heterocycles. The van der Waals surface area contributed by atoms with Crippen LogP contribution in [0.4, 0.5) is 0 Å². The molecule has 12 rings (SSSR count). The highest BCUT2D eigenvalue weighted by Crippen LogP contribution is 2.47. The summed E-state index contributed by atoms with van der Waals surface area (Å²) in [5.41, 5.74) is 13.1. The van der Waals surface area contributed by atoms with Crippen molar-refractivity contribution in [2.45, 2.75) is 0 Å². The predicted molar refractivity (Wildman–Crippen MR) is 229 cm³/mol. The fourth-order valence-electron chi connectivity index (χ4n) is 9.11. The van der Waals surface area contributed by atoms with Crippen molar-refractivity contribution >= 4 is 76.3 Å². The van der Waals surface area contributed by atoms with E-state index < -0.39 is 0 Å². The Labute approximate surface area is 315 Å². The zero-order valence-corrected chi connectivity index (χ0v) is 29.7. The minimum Gasteiger partial charge on any atom is -0.464 e. The van der Waals surface area contributed by atoms with Crippen LogP contribution in [0.15, 0.2) is 197 Å². The van der Waals surface area contributed by atoms with Gasteiger partial charge in [0.05, 0.1) is 17.3 Å². The average molecular weight is 702 g/mol. The molecule has 3 aromatic heterocycles. The van der Waals surface area contributed by atoms with Gasteiger partial charge in [0.25, 0.3) is 0 Å². The van der Waals surface area contributed by atoms with Crippen molar-refractivity contribution in [2.75, 3.05) is 0 Å². The summed E-state index contributed by atoms with van der Waals surface area (Å²) in [7, 11) is 0. The van der Waals surface area contributed by atoms with Crippen LogP contribution in [-0.2, 0) is 0 Å². The van der Waals surface area contributed by atoms with Gasteiger partial charge in [0.1, 0.15) is 16.7 Å². The Morgan fingerprint density at radius 2 is 0.891 bits per heavy atom. The van der Waals surface area contributed by atoms with Crippen LogP contribution in [-0.4, -0.2) is 4.57 Å². The summed E-state index contributed by atoms with van der Waals surface area (Å²) >= 11 is 0. The van der Waals surface area contributed by atoms with E-state index in [4.69, 9.17) is 8.83 Å². The molecular weight excluding hydrogens is 671 g/mol. The van der Waals surface area contributed by atoms with Crippen LogP contribution in [0.2, 0.25) is 0 Å². The summed E-state index contributed by atoms with van der Waals surface area (Å²) in [6.45, 7) is 0. The average Bonchev–Trinajstić information content (AvgIpc) is 3.94. The third-order valence-electron chi connectivity index (χ3n) is 11.5. The van der Waals surface area contributed by atoms with Gasteiger partial charge in [-0.15, -0.1) is 0 Å². The highest BCUT2D eigenvalue weighted by molar-refractivity contribution is 6.25. The van der Waals surface area contributed by atoms with Gasteiger partial charge in [-0.05, 0) is 97.9 Å². The number of para-hydroxylation sites is 2. The van der Waals surface area contributed by atoms with Gasteiger partial charge in [0.2, 0.25) is 0 Å². The van der Waals surface area contributed by atoms with Crippen LogP contribution in [0.1, 0.15) is 0 Å². The number of nitrogens with zero attached hydrogens (tertiary/aromatic N) is 1. The first-order valence-electron chi connectivity index (χ1n) is 18.7. The van der Waals surface area contributed by atoms with Crippen molar-refractivity contribution < 1.29 is 8.83 Å². The smallest absolute Gasteiger partial charge is 0.136 e. The minimum absolute atomic E-state index is 0.853. The molecule has 256 valence electrons. The first-order chi connectivity index (χ1) is 27.3. The zero-order valence-electron chi connectivity index (χ0n) is 29.7. The van der Waals surface area contributed by atoms with Crippen LogP contribution < -0.4 is 0 Å². The summed E-state index contributed by atoms with van der Waals surface area (Å²) in [5.74, 6) is 0. The molecule has 0 saturated carbocycles. The van der Waals surface area contributed by atoms with E-state index >= 15 is 0 Å².